The van der Waals surface area contributed by atoms with Gasteiger partial charge in [-0.1, -0.05) is 0 Å². The Kier molecular flexibility index (Phi) is 6.23. The smallest absolute Gasteiger partial charge is 0.307 e. The summed E-state index contributed by atoms with van der Waals surface area (Å²) in [6.45, 7) is 3.42. The maximum atomic E-state index is 11.2. The van der Waals surface area contributed by atoms with Crippen LogP contribution in [-0.2, 0) is 14.3 Å². The normalized spacial score (nSPS) is 20.6. The van der Waals surface area contributed by atoms with Crippen LogP contribution >= 0.6 is 12.4 Å². The highest BCUT2D eigenvalue weighted by atomic mass is 35.5. The van der Waals surface area contributed by atoms with Gasteiger partial charge in [0.05, 0.1) is 19.1 Å². The van der Waals surface area contributed by atoms with Crippen LogP contribution in [0.1, 0.15) is 13.3 Å². The lowest BCUT2D eigenvalue weighted by Crippen LogP contribution is -2.53. The maximum Gasteiger partial charge on any atom is 0.307 e. The van der Waals surface area contributed by atoms with Gasteiger partial charge < -0.3 is 15.4 Å². The minimum atomic E-state index is -0.423. The highest BCUT2D eigenvalue weighted by Crippen LogP contribution is 1.97. The van der Waals surface area contributed by atoms with Gasteiger partial charge in [0.1, 0.15) is 0 Å². The molecule has 2 N–H and O–H groups in total. The van der Waals surface area contributed by atoms with Crippen LogP contribution in [0.5, 0.6) is 0 Å². The number of hydrogen-bond acceptors (Lipinski definition) is 4. The van der Waals surface area contributed by atoms with E-state index in [0.29, 0.717) is 19.7 Å². The van der Waals surface area contributed by atoms with Crippen molar-refractivity contribution in [1.82, 2.24) is 10.6 Å². The van der Waals surface area contributed by atoms with Gasteiger partial charge in [-0.2, -0.15) is 0 Å². The van der Waals surface area contributed by atoms with Gasteiger partial charge >= 0.3 is 5.97 Å². The van der Waals surface area contributed by atoms with Crippen molar-refractivity contribution >= 4 is 24.3 Å². The summed E-state index contributed by atoms with van der Waals surface area (Å²) < 4.78 is 4.73. The highest BCUT2D eigenvalue weighted by molar-refractivity contribution is 5.87. The summed E-state index contributed by atoms with van der Waals surface area (Å²) >= 11 is 0. The Bertz CT molecular complexity index is 211. The van der Waals surface area contributed by atoms with Crippen LogP contribution < -0.4 is 10.6 Å². The van der Waals surface area contributed by atoms with E-state index < -0.39 is 6.04 Å². The number of nitrogens with one attached hydrogen (secondary N) is 2. The Morgan fingerprint density at radius 2 is 2.29 bits per heavy atom. The molecule has 1 unspecified atom stereocenters. The summed E-state index contributed by atoms with van der Waals surface area (Å²) in [5.41, 5.74) is 0. The maximum absolute atomic E-state index is 11.2. The molecule has 0 bridgehead atoms. The molecular formula is C8H15ClN2O3. The van der Waals surface area contributed by atoms with Gasteiger partial charge in [-0.05, 0) is 6.92 Å². The number of esters is 1. The topological polar surface area (TPSA) is 67.4 Å². The molecule has 1 aliphatic rings. The zero-order valence-electron chi connectivity index (χ0n) is 8.04. The lowest BCUT2D eigenvalue weighted by Gasteiger charge is -2.22. The van der Waals surface area contributed by atoms with Crippen molar-refractivity contribution in [2.75, 3.05) is 19.7 Å². The number of amides is 1. The van der Waals surface area contributed by atoms with Crippen LogP contribution in [0.4, 0.5) is 0 Å². The number of piperazine rings is 1. The second-order valence-corrected chi connectivity index (χ2v) is 2.81. The van der Waals surface area contributed by atoms with E-state index in [2.05, 4.69) is 10.6 Å². The standard InChI is InChI=1S/C8H14N2O3.ClH/c1-2-13-7(11)5-6-8(12)10-4-3-9-6;/h6,9H,2-5H2,1H3,(H,10,12);1H. The van der Waals surface area contributed by atoms with E-state index in [9.17, 15) is 9.59 Å². The first kappa shape index (κ1) is 13.2. The van der Waals surface area contributed by atoms with Gasteiger partial charge in [-0.15, -0.1) is 12.4 Å². The second kappa shape index (κ2) is 6.62. The summed E-state index contributed by atoms with van der Waals surface area (Å²) in [5, 5.41) is 5.62. The van der Waals surface area contributed by atoms with Crippen molar-refractivity contribution < 1.29 is 14.3 Å². The van der Waals surface area contributed by atoms with Gasteiger partial charge in [-0.25, -0.2) is 0 Å². The van der Waals surface area contributed by atoms with Gasteiger partial charge in [0.15, 0.2) is 0 Å². The molecule has 1 heterocycles. The molecule has 0 aromatic carbocycles. The quantitative estimate of drug-likeness (QED) is 0.629. The molecule has 1 saturated heterocycles. The number of carbonyl (C=O) groups excluding carboxylic acids is 2. The predicted octanol–water partition coefficient (Wildman–Crippen LogP) is -0.551. The number of hydrogen-bond donors (Lipinski definition) is 2. The Morgan fingerprint density at radius 1 is 1.57 bits per heavy atom. The first-order valence-corrected chi connectivity index (χ1v) is 4.40. The van der Waals surface area contributed by atoms with Crippen LogP contribution in [0.25, 0.3) is 0 Å². The third kappa shape index (κ3) is 3.93. The molecule has 6 heteroatoms. The van der Waals surface area contributed by atoms with Gasteiger partial charge in [-0.3, -0.25) is 9.59 Å². The van der Waals surface area contributed by atoms with E-state index in [-0.39, 0.29) is 30.7 Å². The Hall–Kier alpha value is -0.810. The number of halogens is 1. The van der Waals surface area contributed by atoms with Crippen molar-refractivity contribution in [3.05, 3.63) is 0 Å². The average molecular weight is 223 g/mol. The molecule has 1 aliphatic heterocycles. The first-order valence-electron chi connectivity index (χ1n) is 4.40. The number of carbonyl (C=O) groups is 2. The van der Waals surface area contributed by atoms with Crippen molar-refractivity contribution in [2.24, 2.45) is 0 Å². The summed E-state index contributed by atoms with van der Waals surface area (Å²) in [4.78, 5) is 22.2. The molecule has 1 rings (SSSR count). The van der Waals surface area contributed by atoms with Gasteiger partial charge in [0, 0.05) is 13.1 Å². The lowest BCUT2D eigenvalue weighted by molar-refractivity contribution is -0.145. The Morgan fingerprint density at radius 3 is 2.86 bits per heavy atom. The highest BCUT2D eigenvalue weighted by Gasteiger charge is 2.24. The van der Waals surface area contributed by atoms with E-state index in [1.54, 1.807) is 6.92 Å². The summed E-state index contributed by atoms with van der Waals surface area (Å²) in [6.07, 6.45) is 0.111. The molecule has 14 heavy (non-hydrogen) atoms. The van der Waals surface area contributed by atoms with E-state index in [0.717, 1.165) is 0 Å². The Balaban J connectivity index is 0.00000169. The second-order valence-electron chi connectivity index (χ2n) is 2.81. The third-order valence-corrected chi connectivity index (χ3v) is 1.81. The lowest BCUT2D eigenvalue weighted by atomic mass is 10.1. The van der Waals surface area contributed by atoms with Crippen LogP contribution in [0.15, 0.2) is 0 Å². The van der Waals surface area contributed by atoms with E-state index >= 15 is 0 Å². The van der Waals surface area contributed by atoms with Gasteiger partial charge in [0.25, 0.3) is 0 Å². The predicted molar refractivity (Wildman–Crippen MR) is 53.3 cm³/mol. The fourth-order valence-corrected chi connectivity index (χ4v) is 1.20. The van der Waals surface area contributed by atoms with E-state index in [1.165, 1.54) is 0 Å². The molecule has 0 spiro atoms. The van der Waals surface area contributed by atoms with Crippen molar-refractivity contribution in [2.45, 2.75) is 19.4 Å². The van der Waals surface area contributed by atoms with Crippen molar-refractivity contribution in [3.63, 3.8) is 0 Å². The van der Waals surface area contributed by atoms with Crippen molar-refractivity contribution in [3.8, 4) is 0 Å². The molecule has 82 valence electrons. The van der Waals surface area contributed by atoms with Crippen molar-refractivity contribution in [1.29, 1.82) is 0 Å². The zero-order chi connectivity index (χ0) is 9.68. The summed E-state index contributed by atoms with van der Waals surface area (Å²) in [5.74, 6) is -0.462. The molecule has 1 amide bonds. The van der Waals surface area contributed by atoms with E-state index in [4.69, 9.17) is 4.74 Å². The summed E-state index contributed by atoms with van der Waals surface area (Å²) in [6, 6.07) is -0.423. The largest absolute Gasteiger partial charge is 0.466 e. The first-order chi connectivity index (χ1) is 6.24. The molecular weight excluding hydrogens is 208 g/mol. The number of ether oxygens (including phenoxy) is 1. The molecule has 0 saturated carbocycles. The molecule has 1 atom stereocenters. The van der Waals surface area contributed by atoms with Gasteiger partial charge in [0.2, 0.25) is 5.91 Å². The zero-order valence-corrected chi connectivity index (χ0v) is 8.86. The number of rotatable bonds is 3. The molecule has 0 aromatic rings. The minimum Gasteiger partial charge on any atom is -0.466 e. The minimum absolute atomic E-state index is 0. The Labute approximate surface area is 89.0 Å². The molecule has 5 nitrogen and oxygen atoms in total. The van der Waals surface area contributed by atoms with Crippen LogP contribution in [0.2, 0.25) is 0 Å². The molecule has 0 aliphatic carbocycles. The molecule has 1 fully saturated rings. The molecule has 0 radical (unpaired) electrons. The van der Waals surface area contributed by atoms with Crippen LogP contribution in [-0.4, -0.2) is 37.6 Å². The average Bonchev–Trinajstić information content (AvgIpc) is 2.09. The fraction of sp³-hybridized carbons (Fsp3) is 0.750. The molecule has 0 aromatic heterocycles. The SMILES string of the molecule is CCOC(=O)CC1NCCNC1=O.Cl. The van der Waals surface area contributed by atoms with Crippen LogP contribution in [0, 0.1) is 0 Å². The van der Waals surface area contributed by atoms with Crippen LogP contribution in [0.3, 0.4) is 0 Å². The fourth-order valence-electron chi connectivity index (χ4n) is 1.20. The summed E-state index contributed by atoms with van der Waals surface area (Å²) in [7, 11) is 0. The monoisotopic (exact) mass is 222 g/mol. The van der Waals surface area contributed by atoms with E-state index in [1.807, 2.05) is 0 Å². The third-order valence-electron chi connectivity index (χ3n) is 1.81.